The summed E-state index contributed by atoms with van der Waals surface area (Å²) in [5.41, 5.74) is 28.5. The van der Waals surface area contributed by atoms with Gasteiger partial charge in [0.15, 0.2) is 18.1 Å². The van der Waals surface area contributed by atoms with E-state index in [-0.39, 0.29) is 37.1 Å². The van der Waals surface area contributed by atoms with Crippen LogP contribution in [0.25, 0.3) is 33.1 Å². The molecule has 3 heterocycles. The van der Waals surface area contributed by atoms with Crippen LogP contribution in [-0.2, 0) is 14.4 Å². The van der Waals surface area contributed by atoms with Gasteiger partial charge in [-0.05, 0) is 128 Å². The number of hydrogen-bond donors (Lipinski definition) is 7. The number of nitrogens with two attached hydrogens (primary N) is 4. The molecule has 0 radical (unpaired) electrons. The lowest BCUT2D eigenvalue weighted by molar-refractivity contribution is -0.174. The van der Waals surface area contributed by atoms with Gasteiger partial charge in [-0.15, -0.1) is 0 Å². The summed E-state index contributed by atoms with van der Waals surface area (Å²) in [7, 11) is 0. The second kappa shape index (κ2) is 29.2. The van der Waals surface area contributed by atoms with E-state index >= 15 is 0 Å². The zero-order valence-corrected chi connectivity index (χ0v) is 46.1. The molecule has 3 aliphatic rings. The highest BCUT2D eigenvalue weighted by molar-refractivity contribution is 5.86. The van der Waals surface area contributed by atoms with Gasteiger partial charge in [0.05, 0.1) is 33.2 Å². The van der Waals surface area contributed by atoms with Crippen molar-refractivity contribution in [3.63, 3.8) is 0 Å². The molecule has 0 bridgehead atoms. The van der Waals surface area contributed by atoms with Gasteiger partial charge in [-0.1, -0.05) is 46.4 Å². The van der Waals surface area contributed by atoms with Crippen molar-refractivity contribution in [2.24, 2.45) is 40.7 Å². The van der Waals surface area contributed by atoms with Crippen molar-refractivity contribution in [1.29, 1.82) is 15.8 Å². The Bertz CT molecular complexity index is 3320. The number of halogens is 9. The normalized spacial score (nSPS) is 23.2. The molecule has 3 saturated carbocycles. The predicted molar refractivity (Wildman–Crippen MR) is 298 cm³/mol. The molecule has 0 spiro atoms. The largest absolute Gasteiger partial charge is 0.480 e. The maximum atomic E-state index is 12.7. The van der Waals surface area contributed by atoms with Crippen LogP contribution in [0.3, 0.4) is 0 Å². The Morgan fingerprint density at radius 1 is 0.477 bits per heavy atom. The molecule has 3 fully saturated rings. The number of rotatable bonds is 8. The Hall–Kier alpha value is -8.23. The Balaban J connectivity index is 0.000000221. The number of amides is 2. The smallest absolute Gasteiger partial charge is 0.414 e. The summed E-state index contributed by atoms with van der Waals surface area (Å²) in [4.78, 5) is 59.3. The quantitative estimate of drug-likeness (QED) is 0.0699. The number of alkyl halides is 9. The summed E-state index contributed by atoms with van der Waals surface area (Å²) in [5.74, 6) is -3.12. The summed E-state index contributed by atoms with van der Waals surface area (Å²) in [5, 5.41) is 40.3. The van der Waals surface area contributed by atoms with E-state index in [1.54, 1.807) is 36.9 Å². The zero-order valence-electron chi connectivity index (χ0n) is 46.1. The van der Waals surface area contributed by atoms with Crippen LogP contribution in [0.4, 0.5) is 39.5 Å². The number of carboxylic acids is 1. The van der Waals surface area contributed by atoms with Crippen molar-refractivity contribution < 1.29 is 59.0 Å². The van der Waals surface area contributed by atoms with Crippen molar-refractivity contribution in [3.05, 3.63) is 107 Å². The third kappa shape index (κ3) is 17.5. The minimum Gasteiger partial charge on any atom is -0.480 e. The standard InChI is InChI=1S/2C19H20F3N5O.C16H18N4.C3H4F3NO2.CH4/c2*1-10-6-12(8-13(7-10)27-18(28)17(24)19(20,21)22)14-3-2-11(9-23)15-16(14)26-5-4-25-15;1-10-6-12(8-13(18)7-10)14-3-2-11(9-17)15-16(14)20-5-4-19-15;4-3(5,6)1(7)2(8)9;/h2*2-5,10,12-13,17H,6-8,24H2,1H3,(H,27,28);2-5,10,12-13H,6-8,18H2,1H3;1H,7H2,(H,8,9);1H4/t10-,12+,13-,17+;10-,12+,13-,17-;10-,12+,13-;;/m111../s1. The number of aromatic nitrogens is 6. The van der Waals surface area contributed by atoms with Crippen LogP contribution < -0.4 is 33.6 Å². The molecule has 0 aliphatic heterocycles. The van der Waals surface area contributed by atoms with Gasteiger partial charge >= 0.3 is 24.5 Å². The molecule has 3 aromatic heterocycles. The summed E-state index contributed by atoms with van der Waals surface area (Å²) < 4.78 is 110. The number of benzene rings is 3. The molecule has 11 N–H and O–H groups in total. The number of hydrogen-bond acceptors (Lipinski definition) is 16. The van der Waals surface area contributed by atoms with E-state index in [0.29, 0.717) is 81.8 Å². The maximum absolute atomic E-state index is 12.7. The summed E-state index contributed by atoms with van der Waals surface area (Å²) in [6, 6.07) is 8.83. The monoisotopic (exact) mass is 1210 g/mol. The highest BCUT2D eigenvalue weighted by Gasteiger charge is 2.45. The molecule has 0 saturated heterocycles. The molecule has 9 rings (SSSR count). The van der Waals surface area contributed by atoms with E-state index in [1.807, 2.05) is 38.1 Å². The van der Waals surface area contributed by atoms with Crippen LogP contribution in [0.15, 0.2) is 73.6 Å². The Labute approximate surface area is 489 Å². The Morgan fingerprint density at radius 3 is 1.01 bits per heavy atom. The number of nitrogens with one attached hydrogen (secondary N) is 2. The molecule has 19 nitrogen and oxygen atoms in total. The van der Waals surface area contributed by atoms with Crippen LogP contribution in [0, 0.1) is 51.7 Å². The van der Waals surface area contributed by atoms with Crippen LogP contribution >= 0.6 is 0 Å². The van der Waals surface area contributed by atoms with Gasteiger partial charge < -0.3 is 38.7 Å². The van der Waals surface area contributed by atoms with E-state index in [1.165, 1.54) is 18.0 Å². The molecular weight excluding hydrogens is 1140 g/mol. The average molecular weight is 1210 g/mol. The maximum Gasteiger partial charge on any atom is 0.414 e. The van der Waals surface area contributed by atoms with Crippen LogP contribution in [0.2, 0.25) is 0 Å². The summed E-state index contributed by atoms with van der Waals surface area (Å²) >= 11 is 0. The van der Waals surface area contributed by atoms with Crippen LogP contribution in [0.5, 0.6) is 0 Å². The first-order valence-electron chi connectivity index (χ1n) is 26.9. The fourth-order valence-electron chi connectivity index (χ4n) is 11.4. The van der Waals surface area contributed by atoms with Gasteiger partial charge in [0.25, 0.3) is 0 Å². The van der Waals surface area contributed by atoms with Gasteiger partial charge in [-0.2, -0.15) is 55.3 Å². The number of carbonyl (C=O) groups excluding carboxylic acids is 2. The lowest BCUT2D eigenvalue weighted by Crippen LogP contribution is -2.53. The van der Waals surface area contributed by atoms with E-state index in [0.717, 1.165) is 48.7 Å². The third-order valence-corrected chi connectivity index (χ3v) is 15.1. The van der Waals surface area contributed by atoms with Crippen molar-refractivity contribution in [3.8, 4) is 18.2 Å². The molecular formula is C58H66F9N15O4. The van der Waals surface area contributed by atoms with Crippen molar-refractivity contribution in [2.75, 3.05) is 0 Å². The number of aliphatic carboxylic acids is 1. The predicted octanol–water partition coefficient (Wildman–Crippen LogP) is 8.89. The first-order valence-corrected chi connectivity index (χ1v) is 26.9. The van der Waals surface area contributed by atoms with Crippen molar-refractivity contribution in [2.45, 2.75) is 159 Å². The number of nitrogens with zero attached hydrogens (tertiary/aromatic N) is 9. The van der Waals surface area contributed by atoms with Crippen molar-refractivity contribution >= 4 is 50.9 Å². The fourth-order valence-corrected chi connectivity index (χ4v) is 11.4. The van der Waals surface area contributed by atoms with Gasteiger partial charge in [0.1, 0.15) is 34.8 Å². The second-order valence-corrected chi connectivity index (χ2v) is 21.8. The van der Waals surface area contributed by atoms with Gasteiger partial charge in [-0.25, -0.2) is 0 Å². The second-order valence-electron chi connectivity index (χ2n) is 21.8. The Morgan fingerprint density at radius 2 is 0.756 bits per heavy atom. The first kappa shape index (κ1) is 68.5. The number of carboxylic acid groups (broad SMARTS) is 1. The summed E-state index contributed by atoms with van der Waals surface area (Å²) in [6.07, 6.45) is 1.96. The molecule has 3 aromatic carbocycles. The van der Waals surface area contributed by atoms with E-state index in [2.05, 4.69) is 71.4 Å². The number of nitriles is 3. The molecule has 12 atom stereocenters. The number of carbonyl (C=O) groups is 3. The minimum atomic E-state index is -4.84. The van der Waals surface area contributed by atoms with Gasteiger partial charge in [-0.3, -0.25) is 44.3 Å². The molecule has 1 unspecified atom stereocenters. The Kier molecular flexibility index (Phi) is 23.3. The zero-order chi connectivity index (χ0) is 62.7. The topological polar surface area (TPSA) is 348 Å². The number of fused-ring (bicyclic) bond motifs is 3. The lowest BCUT2D eigenvalue weighted by Gasteiger charge is -2.35. The van der Waals surface area contributed by atoms with Crippen LogP contribution in [0.1, 0.15) is 137 Å². The van der Waals surface area contributed by atoms with Crippen LogP contribution in [-0.4, -0.2) is 108 Å². The first-order chi connectivity index (χ1) is 39.9. The SMILES string of the molecule is C.C[C@H]1C[C@@H](N)C[C@@H](c2ccc(C#N)c3nccnc23)C1.C[C@H]1C[C@@H](NC(=O)[C@@H](N)C(F)(F)F)C[C@@H](c2ccc(C#N)c3nccnc23)C1.C[C@H]1C[C@@H](NC(=O)[C@H](N)C(F)(F)F)C[C@@H](c2ccc(C#N)c3nccnc23)C1.NC(C(=O)O)C(F)(F)F. The van der Waals surface area contributed by atoms with E-state index in [9.17, 15) is 69.7 Å². The average Bonchev–Trinajstić information content (AvgIpc) is 1.37. The van der Waals surface area contributed by atoms with E-state index < -0.39 is 66.5 Å². The molecule has 2 amide bonds. The minimum absolute atomic E-state index is 0. The van der Waals surface area contributed by atoms with Crippen molar-refractivity contribution in [1.82, 2.24) is 40.5 Å². The lowest BCUT2D eigenvalue weighted by atomic mass is 9.75. The highest BCUT2D eigenvalue weighted by atomic mass is 19.4. The molecule has 460 valence electrons. The molecule has 3 aliphatic carbocycles. The third-order valence-electron chi connectivity index (χ3n) is 15.1. The van der Waals surface area contributed by atoms with Gasteiger partial charge in [0.2, 0.25) is 11.8 Å². The van der Waals surface area contributed by atoms with Gasteiger partial charge in [0, 0.05) is 55.3 Å². The van der Waals surface area contributed by atoms with E-state index in [4.69, 9.17) is 22.3 Å². The fraction of sp³-hybridized carbons (Fsp3) is 0.483. The highest BCUT2D eigenvalue weighted by Crippen LogP contribution is 2.42. The molecule has 86 heavy (non-hydrogen) atoms. The molecule has 28 heteroatoms. The molecule has 6 aromatic rings. The summed E-state index contributed by atoms with van der Waals surface area (Å²) in [6.45, 7) is 6.24.